The molecule has 2 amide bonds. The number of benzene rings is 1. The summed E-state index contributed by atoms with van der Waals surface area (Å²) >= 11 is 1.53. The molecule has 1 spiro atoms. The maximum absolute atomic E-state index is 14.3. The second-order valence-corrected chi connectivity index (χ2v) is 11.4. The Morgan fingerprint density at radius 2 is 2.00 bits per heavy atom. The summed E-state index contributed by atoms with van der Waals surface area (Å²) in [5.41, 5.74) is 1.56. The zero-order valence-corrected chi connectivity index (χ0v) is 21.1. The Morgan fingerprint density at radius 3 is 2.86 bits per heavy atom. The molecule has 0 saturated carbocycles. The minimum Gasteiger partial charge on any atom is -0.465 e. The third kappa shape index (κ3) is 3.86. The van der Waals surface area contributed by atoms with Crippen molar-refractivity contribution in [2.75, 3.05) is 26.3 Å². The number of aliphatic hydroxyl groups excluding tert-OH is 1. The van der Waals surface area contributed by atoms with Gasteiger partial charge in [-0.05, 0) is 31.4 Å². The van der Waals surface area contributed by atoms with Gasteiger partial charge in [0.1, 0.15) is 18.2 Å². The van der Waals surface area contributed by atoms with Crippen molar-refractivity contribution in [3.05, 3.63) is 48.6 Å². The van der Waals surface area contributed by atoms with Crippen LogP contribution >= 0.6 is 11.8 Å². The van der Waals surface area contributed by atoms with Crippen LogP contribution in [0.2, 0.25) is 0 Å². The third-order valence-corrected chi connectivity index (χ3v) is 9.48. The van der Waals surface area contributed by atoms with Crippen molar-refractivity contribution < 1.29 is 24.2 Å². The van der Waals surface area contributed by atoms with Crippen LogP contribution in [0.5, 0.6) is 0 Å². The molecule has 2 saturated heterocycles. The molecule has 0 bridgehead atoms. The number of nitrogens with zero attached hydrogens (tertiary/aromatic N) is 5. The van der Waals surface area contributed by atoms with E-state index in [0.717, 1.165) is 11.0 Å². The average Bonchev–Trinajstić information content (AvgIpc) is 3.47. The minimum atomic E-state index is -0.879. The van der Waals surface area contributed by atoms with Crippen molar-refractivity contribution in [1.29, 1.82) is 0 Å². The molecule has 37 heavy (non-hydrogen) atoms. The number of cyclic esters (lactones) is 1. The lowest BCUT2D eigenvalue weighted by Crippen LogP contribution is -2.53. The monoisotopic (exact) mass is 523 g/mol. The molecule has 0 radical (unpaired) electrons. The third-order valence-electron chi connectivity index (χ3n) is 7.74. The van der Waals surface area contributed by atoms with Gasteiger partial charge in [0.25, 0.3) is 0 Å². The molecule has 194 valence electrons. The maximum atomic E-state index is 14.3. The number of likely N-dealkylation sites (tertiary alicyclic amines) is 1. The number of ether oxygens (including phenoxy) is 1. The van der Waals surface area contributed by atoms with E-state index in [1.165, 1.54) is 11.8 Å². The van der Waals surface area contributed by atoms with E-state index in [2.05, 4.69) is 10.3 Å². The van der Waals surface area contributed by atoms with E-state index in [-0.39, 0.29) is 42.9 Å². The Hall–Kier alpha value is -3.18. The van der Waals surface area contributed by atoms with Crippen LogP contribution in [0.4, 0.5) is 0 Å². The second-order valence-electron chi connectivity index (χ2n) is 9.87. The van der Waals surface area contributed by atoms with Gasteiger partial charge >= 0.3 is 5.97 Å². The standard InChI is InChI=1S/C26H29N5O5S/c32-14-5-4-13-30-22-24(34)29(16-31-18-9-2-1-8-17(18)27-28-31)12-7-11-26(22)21(23(30)33)20-19(37-26)10-3-6-15-36-25(20)35/h1-3,7-11,19-22,32H,4-6,12-16H2/t19-,20+,21+,22?,26+/m1/s1. The van der Waals surface area contributed by atoms with Crippen molar-refractivity contribution in [3.63, 3.8) is 0 Å². The van der Waals surface area contributed by atoms with Crippen LogP contribution in [0.1, 0.15) is 19.3 Å². The van der Waals surface area contributed by atoms with Gasteiger partial charge in [0, 0.05) is 24.9 Å². The number of aromatic nitrogens is 3. The molecule has 2 aromatic rings. The summed E-state index contributed by atoms with van der Waals surface area (Å²) in [7, 11) is 0. The molecule has 11 heteroatoms. The lowest BCUT2D eigenvalue weighted by atomic mass is 9.78. The molecule has 5 heterocycles. The molecule has 10 nitrogen and oxygen atoms in total. The highest BCUT2D eigenvalue weighted by Gasteiger charge is 2.70. The first-order valence-corrected chi connectivity index (χ1v) is 13.6. The number of para-hydroxylation sites is 1. The number of hydrogen-bond donors (Lipinski definition) is 1. The highest BCUT2D eigenvalue weighted by atomic mass is 32.2. The van der Waals surface area contributed by atoms with Crippen molar-refractivity contribution >= 4 is 40.6 Å². The summed E-state index contributed by atoms with van der Waals surface area (Å²) < 4.78 is 6.32. The topological polar surface area (TPSA) is 118 Å². The minimum absolute atomic E-state index is 0.0111. The Morgan fingerprint density at radius 1 is 1.14 bits per heavy atom. The van der Waals surface area contributed by atoms with Crippen LogP contribution in [0.3, 0.4) is 0 Å². The van der Waals surface area contributed by atoms with Crippen LogP contribution in [0.25, 0.3) is 11.0 Å². The Bertz CT molecular complexity index is 1290. The van der Waals surface area contributed by atoms with Gasteiger partial charge in [0.05, 0.1) is 28.7 Å². The largest absolute Gasteiger partial charge is 0.465 e. The quantitative estimate of drug-likeness (QED) is 0.343. The van der Waals surface area contributed by atoms with Gasteiger partial charge in [-0.1, -0.05) is 41.7 Å². The molecule has 1 N–H and O–H groups in total. The molecule has 6 rings (SSSR count). The van der Waals surface area contributed by atoms with Crippen LogP contribution in [-0.4, -0.2) is 90.0 Å². The molecule has 5 atom stereocenters. The first-order valence-electron chi connectivity index (χ1n) is 12.7. The van der Waals surface area contributed by atoms with Crippen LogP contribution < -0.4 is 0 Å². The lowest BCUT2D eigenvalue weighted by Gasteiger charge is -2.35. The molecular weight excluding hydrogens is 494 g/mol. The zero-order valence-electron chi connectivity index (χ0n) is 20.3. The van der Waals surface area contributed by atoms with E-state index >= 15 is 0 Å². The molecule has 1 aromatic carbocycles. The van der Waals surface area contributed by atoms with Gasteiger partial charge in [-0.3, -0.25) is 14.4 Å². The predicted octanol–water partition coefficient (Wildman–Crippen LogP) is 1.36. The lowest BCUT2D eigenvalue weighted by molar-refractivity contribution is -0.153. The Kier molecular flexibility index (Phi) is 6.28. The molecule has 1 aromatic heterocycles. The Balaban J connectivity index is 1.38. The van der Waals surface area contributed by atoms with E-state index in [9.17, 15) is 19.5 Å². The summed E-state index contributed by atoms with van der Waals surface area (Å²) in [5.74, 6) is -2.08. The van der Waals surface area contributed by atoms with Gasteiger partial charge in [-0.25, -0.2) is 4.68 Å². The van der Waals surface area contributed by atoms with Crippen LogP contribution in [0, 0.1) is 11.8 Å². The molecule has 4 aliphatic rings. The fourth-order valence-corrected chi connectivity index (χ4v) is 8.10. The molecule has 2 fully saturated rings. The number of hydrogen-bond acceptors (Lipinski definition) is 8. The van der Waals surface area contributed by atoms with Crippen LogP contribution in [-0.2, 0) is 25.8 Å². The SMILES string of the molecule is O=C1OCCC=C[C@H]2S[C@]34C=CCN(Cn5nnc6ccccc65)C(=O)C3N(CCCCO)C(=O)[C@@H]4[C@@H]12. The summed E-state index contributed by atoms with van der Waals surface area (Å²) in [6.45, 7) is 1.18. The van der Waals surface area contributed by atoms with Crippen molar-refractivity contribution in [3.8, 4) is 0 Å². The fourth-order valence-electron chi connectivity index (χ4n) is 6.10. The summed E-state index contributed by atoms with van der Waals surface area (Å²) in [5, 5.41) is 17.6. The van der Waals surface area contributed by atoms with E-state index in [1.807, 2.05) is 48.6 Å². The molecule has 0 aliphatic carbocycles. The second kappa shape index (κ2) is 9.60. The van der Waals surface area contributed by atoms with E-state index < -0.39 is 22.6 Å². The summed E-state index contributed by atoms with van der Waals surface area (Å²) in [6.07, 6.45) is 9.65. The zero-order chi connectivity index (χ0) is 25.6. The van der Waals surface area contributed by atoms with Gasteiger partial charge in [0.15, 0.2) is 0 Å². The first kappa shape index (κ1) is 24.2. The highest BCUT2D eigenvalue weighted by Crippen LogP contribution is 2.60. The highest BCUT2D eigenvalue weighted by molar-refractivity contribution is 8.02. The summed E-state index contributed by atoms with van der Waals surface area (Å²) in [6, 6.07) is 6.80. The smallest absolute Gasteiger partial charge is 0.311 e. The van der Waals surface area contributed by atoms with Gasteiger partial charge in [-0.2, -0.15) is 0 Å². The van der Waals surface area contributed by atoms with Crippen LogP contribution in [0.15, 0.2) is 48.6 Å². The van der Waals surface area contributed by atoms with E-state index in [0.29, 0.717) is 32.4 Å². The van der Waals surface area contributed by atoms with Gasteiger partial charge in [-0.15, -0.1) is 16.9 Å². The van der Waals surface area contributed by atoms with Crippen molar-refractivity contribution in [2.45, 2.75) is 42.0 Å². The van der Waals surface area contributed by atoms with E-state index in [4.69, 9.17) is 4.74 Å². The number of amides is 2. The predicted molar refractivity (Wildman–Crippen MR) is 136 cm³/mol. The van der Waals surface area contributed by atoms with E-state index in [1.54, 1.807) is 14.5 Å². The summed E-state index contributed by atoms with van der Waals surface area (Å²) in [4.78, 5) is 44.7. The molecular formula is C26H29N5O5S. The number of thioether (sulfide) groups is 1. The van der Waals surface area contributed by atoms with Gasteiger partial charge in [0.2, 0.25) is 11.8 Å². The number of esters is 1. The number of carbonyl (C=O) groups excluding carboxylic acids is 3. The normalized spacial score (nSPS) is 31.1. The Labute approximate surface area is 218 Å². The fraction of sp³-hybridized carbons (Fsp3) is 0.500. The first-order chi connectivity index (χ1) is 18.0. The maximum Gasteiger partial charge on any atom is 0.311 e. The average molecular weight is 524 g/mol. The number of rotatable bonds is 6. The number of carbonyl (C=O) groups is 3. The van der Waals surface area contributed by atoms with Crippen molar-refractivity contribution in [2.24, 2.45) is 11.8 Å². The molecule has 4 aliphatic heterocycles. The molecule has 1 unspecified atom stereocenters. The number of unbranched alkanes of at least 4 members (excludes halogenated alkanes) is 1. The number of fused-ring (bicyclic) bond motifs is 3. The number of aliphatic hydroxyl groups is 1. The van der Waals surface area contributed by atoms with Gasteiger partial charge < -0.3 is 19.6 Å². The van der Waals surface area contributed by atoms with Crippen molar-refractivity contribution in [1.82, 2.24) is 24.8 Å².